The van der Waals surface area contributed by atoms with Gasteiger partial charge in [0.25, 0.3) is 0 Å². The molecular formula is C10H14O6. The molecule has 0 spiro atoms. The molecule has 6 heteroatoms. The number of hydrogen-bond donors (Lipinski definition) is 0. The number of fused-ring (bicyclic) bond motifs is 1. The van der Waals surface area contributed by atoms with E-state index in [0.717, 1.165) is 0 Å². The summed E-state index contributed by atoms with van der Waals surface area (Å²) < 4.78 is 21.2. The van der Waals surface area contributed by atoms with Gasteiger partial charge < -0.3 is 23.7 Å². The fourth-order valence-electron chi connectivity index (χ4n) is 1.96. The highest BCUT2D eigenvalue weighted by Gasteiger charge is 2.56. The molecule has 0 aromatic rings. The van der Waals surface area contributed by atoms with E-state index < -0.39 is 36.4 Å². The van der Waals surface area contributed by atoms with E-state index in [1.807, 2.05) is 0 Å². The molecule has 2 aliphatic heterocycles. The predicted octanol–water partition coefficient (Wildman–Crippen LogP) is -0.00660. The van der Waals surface area contributed by atoms with E-state index in [9.17, 15) is 9.59 Å². The van der Waals surface area contributed by atoms with Crippen molar-refractivity contribution in [3.05, 3.63) is 0 Å². The largest absolute Gasteiger partial charge is 0.433 e. The number of rotatable bonds is 2. The maximum Gasteiger partial charge on any atom is 0.305 e. The zero-order valence-corrected chi connectivity index (χ0v) is 9.34. The Morgan fingerprint density at radius 1 is 1.31 bits per heavy atom. The van der Waals surface area contributed by atoms with Crippen molar-refractivity contribution in [2.24, 2.45) is 0 Å². The van der Waals surface area contributed by atoms with Crippen molar-refractivity contribution in [3.8, 4) is 0 Å². The minimum atomic E-state index is -0.875. The average molecular weight is 230 g/mol. The Labute approximate surface area is 92.8 Å². The highest BCUT2D eigenvalue weighted by Crippen LogP contribution is 2.38. The van der Waals surface area contributed by atoms with Crippen LogP contribution in [0.5, 0.6) is 0 Å². The molecule has 0 bridgehead atoms. The summed E-state index contributed by atoms with van der Waals surface area (Å²) in [7, 11) is 0. The first-order chi connectivity index (χ1) is 7.43. The van der Waals surface area contributed by atoms with Crippen LogP contribution < -0.4 is 0 Å². The van der Waals surface area contributed by atoms with E-state index >= 15 is 0 Å². The number of ether oxygens (including phenoxy) is 4. The van der Waals surface area contributed by atoms with Crippen molar-refractivity contribution in [2.75, 3.05) is 0 Å². The Hall–Kier alpha value is -0.980. The Morgan fingerprint density at radius 3 is 2.50 bits per heavy atom. The van der Waals surface area contributed by atoms with E-state index in [1.165, 1.54) is 6.92 Å². The van der Waals surface area contributed by atoms with Crippen LogP contribution in [0, 0.1) is 0 Å². The molecule has 0 N–H and O–H groups in total. The average Bonchev–Trinajstić information content (AvgIpc) is 2.60. The molecule has 0 amide bonds. The highest BCUT2D eigenvalue weighted by molar-refractivity contribution is 5.66. The normalized spacial score (nSPS) is 40.4. The van der Waals surface area contributed by atoms with Gasteiger partial charge >= 0.3 is 5.97 Å². The van der Waals surface area contributed by atoms with Crippen molar-refractivity contribution >= 4 is 12.3 Å². The Balaban J connectivity index is 2.13. The molecule has 0 radical (unpaired) electrons. The van der Waals surface area contributed by atoms with Gasteiger partial charge in [0.05, 0.1) is 0 Å². The zero-order valence-electron chi connectivity index (χ0n) is 9.34. The van der Waals surface area contributed by atoms with Gasteiger partial charge in [0, 0.05) is 6.92 Å². The molecule has 0 saturated carbocycles. The number of esters is 1. The fraction of sp³-hybridized carbons (Fsp3) is 0.800. The third kappa shape index (κ3) is 1.95. The third-order valence-corrected chi connectivity index (χ3v) is 2.46. The van der Waals surface area contributed by atoms with Crippen molar-refractivity contribution in [3.63, 3.8) is 0 Å². The molecule has 0 aromatic carbocycles. The molecule has 6 nitrogen and oxygen atoms in total. The van der Waals surface area contributed by atoms with Crippen molar-refractivity contribution in [1.29, 1.82) is 0 Å². The van der Waals surface area contributed by atoms with Gasteiger partial charge in [0.1, 0.15) is 12.2 Å². The lowest BCUT2D eigenvalue weighted by atomic mass is 10.1. The third-order valence-electron chi connectivity index (χ3n) is 2.46. The molecule has 2 saturated heterocycles. The van der Waals surface area contributed by atoms with Crippen LogP contribution in [0.1, 0.15) is 20.8 Å². The Morgan fingerprint density at radius 2 is 1.94 bits per heavy atom. The molecule has 0 aliphatic carbocycles. The summed E-state index contributed by atoms with van der Waals surface area (Å²) in [6, 6.07) is 0. The first-order valence-corrected chi connectivity index (χ1v) is 5.06. The van der Waals surface area contributed by atoms with Crippen molar-refractivity contribution in [1.82, 2.24) is 0 Å². The molecule has 0 unspecified atom stereocenters. The van der Waals surface area contributed by atoms with Gasteiger partial charge in [-0.05, 0) is 13.8 Å². The van der Waals surface area contributed by atoms with E-state index in [1.54, 1.807) is 13.8 Å². The second-order valence-electron chi connectivity index (χ2n) is 4.28. The van der Waals surface area contributed by atoms with Gasteiger partial charge in [-0.3, -0.25) is 4.79 Å². The number of carbonyl (C=O) groups is 2. The van der Waals surface area contributed by atoms with E-state index in [-0.39, 0.29) is 0 Å². The standard InChI is InChI=1S/C10H14O6/c1-5(12)13-9-8-7(6(4-11)14-9)15-10(2,3)16-8/h4,6-9H,1-3H3/t6-,7-,8-,9+/m1/s1. The fourth-order valence-corrected chi connectivity index (χ4v) is 1.96. The molecule has 2 heterocycles. The zero-order chi connectivity index (χ0) is 11.9. The van der Waals surface area contributed by atoms with Crippen molar-refractivity contribution in [2.45, 2.75) is 51.2 Å². The maximum absolute atomic E-state index is 10.9. The summed E-state index contributed by atoms with van der Waals surface area (Å²) in [6.45, 7) is 4.74. The summed E-state index contributed by atoms with van der Waals surface area (Å²) in [6.07, 6.45) is -2.06. The predicted molar refractivity (Wildman–Crippen MR) is 50.3 cm³/mol. The monoisotopic (exact) mass is 230 g/mol. The quantitative estimate of drug-likeness (QED) is 0.491. The smallest absolute Gasteiger partial charge is 0.305 e. The summed E-state index contributed by atoms with van der Waals surface area (Å²) in [5, 5.41) is 0. The number of hydrogen-bond acceptors (Lipinski definition) is 6. The lowest BCUT2D eigenvalue weighted by Crippen LogP contribution is -2.32. The van der Waals surface area contributed by atoms with Gasteiger partial charge in [-0.25, -0.2) is 0 Å². The lowest BCUT2D eigenvalue weighted by molar-refractivity contribution is -0.227. The molecule has 2 fully saturated rings. The van der Waals surface area contributed by atoms with E-state index in [2.05, 4.69) is 0 Å². The van der Waals surface area contributed by atoms with Crippen LogP contribution in [0.25, 0.3) is 0 Å². The molecule has 16 heavy (non-hydrogen) atoms. The summed E-state index contributed by atoms with van der Waals surface area (Å²) in [5.74, 6) is -1.28. The van der Waals surface area contributed by atoms with Gasteiger partial charge in [-0.2, -0.15) is 0 Å². The first-order valence-electron chi connectivity index (χ1n) is 5.06. The molecule has 4 atom stereocenters. The maximum atomic E-state index is 10.9. The topological polar surface area (TPSA) is 71.1 Å². The number of carbonyl (C=O) groups excluding carboxylic acids is 2. The molecule has 2 aliphatic rings. The van der Waals surface area contributed by atoms with Crippen molar-refractivity contribution < 1.29 is 28.5 Å². The van der Waals surface area contributed by atoms with Gasteiger partial charge in [-0.1, -0.05) is 0 Å². The highest BCUT2D eigenvalue weighted by atomic mass is 16.8. The second-order valence-corrected chi connectivity index (χ2v) is 4.28. The SMILES string of the molecule is CC(=O)O[C@H]1O[C@H](C=O)[C@H]2OC(C)(C)O[C@@H]12. The van der Waals surface area contributed by atoms with Crippen LogP contribution >= 0.6 is 0 Å². The molecule has 2 rings (SSSR count). The minimum Gasteiger partial charge on any atom is -0.433 e. The second kappa shape index (κ2) is 3.80. The van der Waals surface area contributed by atoms with Gasteiger partial charge in [0.15, 0.2) is 18.2 Å². The van der Waals surface area contributed by atoms with Crippen LogP contribution in [-0.4, -0.2) is 42.6 Å². The van der Waals surface area contributed by atoms with Crippen LogP contribution in [0.2, 0.25) is 0 Å². The summed E-state index contributed by atoms with van der Waals surface area (Å²) in [5.41, 5.74) is 0. The Kier molecular flexibility index (Phi) is 2.73. The summed E-state index contributed by atoms with van der Waals surface area (Å²) in [4.78, 5) is 21.6. The first kappa shape index (κ1) is 11.5. The lowest BCUT2D eigenvalue weighted by Gasteiger charge is -2.22. The summed E-state index contributed by atoms with van der Waals surface area (Å²) >= 11 is 0. The Bertz CT molecular complexity index is 312. The minimum absolute atomic E-state index is 0.483. The van der Waals surface area contributed by atoms with E-state index in [0.29, 0.717) is 6.29 Å². The van der Waals surface area contributed by atoms with Crippen LogP contribution in [-0.2, 0) is 28.5 Å². The van der Waals surface area contributed by atoms with E-state index in [4.69, 9.17) is 18.9 Å². The van der Waals surface area contributed by atoms with Gasteiger partial charge in [-0.15, -0.1) is 0 Å². The van der Waals surface area contributed by atoms with Gasteiger partial charge in [0.2, 0.25) is 6.29 Å². The van der Waals surface area contributed by atoms with Crippen LogP contribution in [0.15, 0.2) is 0 Å². The van der Waals surface area contributed by atoms with Crippen LogP contribution in [0.3, 0.4) is 0 Å². The molecular weight excluding hydrogens is 216 g/mol. The molecule has 0 aromatic heterocycles. The molecule has 90 valence electrons. The van der Waals surface area contributed by atoms with Crippen LogP contribution in [0.4, 0.5) is 0 Å². The number of aldehydes is 1.